The predicted octanol–water partition coefficient (Wildman–Crippen LogP) is 2.97. The third-order valence-corrected chi connectivity index (χ3v) is 2.44. The number of hydrogen-bond acceptors (Lipinski definition) is 2. The van der Waals surface area contributed by atoms with Gasteiger partial charge in [-0.25, -0.2) is 0 Å². The van der Waals surface area contributed by atoms with Gasteiger partial charge in [0.25, 0.3) is 0 Å². The summed E-state index contributed by atoms with van der Waals surface area (Å²) in [7, 11) is 2.03. The van der Waals surface area contributed by atoms with Crippen molar-refractivity contribution < 1.29 is 4.74 Å². The van der Waals surface area contributed by atoms with E-state index in [0.717, 1.165) is 12.8 Å². The smallest absolute Gasteiger partial charge is 0.0648 e. The molecule has 1 fully saturated rings. The van der Waals surface area contributed by atoms with Crippen molar-refractivity contribution in [3.05, 3.63) is 0 Å². The molecule has 1 aliphatic rings. The maximum atomic E-state index is 5.95. The van der Waals surface area contributed by atoms with Crippen LogP contribution in [0, 0.1) is 0 Å². The van der Waals surface area contributed by atoms with Crippen molar-refractivity contribution in [1.82, 2.24) is 5.32 Å². The lowest BCUT2D eigenvalue weighted by atomic mass is 9.85. The molecule has 0 aliphatic carbocycles. The average molecular weight is 201 g/mol. The Bertz CT molecular complexity index is 148. The van der Waals surface area contributed by atoms with Gasteiger partial charge in [0.2, 0.25) is 0 Å². The molecule has 0 aromatic heterocycles. The van der Waals surface area contributed by atoms with Gasteiger partial charge in [-0.3, -0.25) is 0 Å². The molecular weight excluding hydrogens is 174 g/mol. The van der Waals surface area contributed by atoms with E-state index in [9.17, 15) is 0 Å². The van der Waals surface area contributed by atoms with Crippen LogP contribution in [0.1, 0.15) is 54.4 Å². The molecule has 0 bridgehead atoms. The fourth-order valence-electron chi connectivity index (χ4n) is 2.29. The largest absolute Gasteiger partial charge is 0.370 e. The predicted molar refractivity (Wildman–Crippen MR) is 62.7 cm³/mol. The van der Waals surface area contributed by atoms with Crippen LogP contribution in [0.2, 0.25) is 0 Å². The van der Waals surface area contributed by atoms with Gasteiger partial charge in [-0.1, -0.05) is 13.8 Å². The summed E-state index contributed by atoms with van der Waals surface area (Å²) >= 11 is 0. The Kier molecular flexibility index (Phi) is 5.10. The van der Waals surface area contributed by atoms with Crippen molar-refractivity contribution in [3.8, 4) is 0 Å². The molecule has 14 heavy (non-hydrogen) atoms. The lowest BCUT2D eigenvalue weighted by Gasteiger charge is -2.45. The molecular formula is C12H27NO. The summed E-state index contributed by atoms with van der Waals surface area (Å²) in [5, 5.41) is 3.34. The Balaban J connectivity index is 0.000000791. The fraction of sp³-hybridized carbons (Fsp3) is 1.00. The summed E-state index contributed by atoms with van der Waals surface area (Å²) in [5.74, 6) is 0. The molecule has 1 N–H and O–H groups in total. The minimum absolute atomic E-state index is 0.0232. The van der Waals surface area contributed by atoms with Crippen molar-refractivity contribution in [2.45, 2.75) is 71.6 Å². The highest BCUT2D eigenvalue weighted by atomic mass is 16.5. The van der Waals surface area contributed by atoms with Crippen LogP contribution in [0.25, 0.3) is 0 Å². The van der Waals surface area contributed by atoms with Crippen LogP contribution in [-0.4, -0.2) is 24.3 Å². The zero-order valence-corrected chi connectivity index (χ0v) is 10.9. The molecule has 0 radical (unpaired) electrons. The molecule has 2 nitrogen and oxygen atoms in total. The zero-order chi connectivity index (χ0) is 11.4. The topological polar surface area (TPSA) is 21.3 Å². The molecule has 86 valence electrons. The molecule has 1 rings (SSSR count). The maximum Gasteiger partial charge on any atom is 0.0648 e. The zero-order valence-electron chi connectivity index (χ0n) is 10.9. The quantitative estimate of drug-likeness (QED) is 0.704. The molecule has 0 spiro atoms. The molecule has 2 heteroatoms. The van der Waals surface area contributed by atoms with Crippen LogP contribution >= 0.6 is 0 Å². The van der Waals surface area contributed by atoms with E-state index in [1.54, 1.807) is 0 Å². The van der Waals surface area contributed by atoms with E-state index < -0.39 is 0 Å². The molecule has 0 aromatic carbocycles. The molecule has 0 atom stereocenters. The second kappa shape index (κ2) is 5.13. The Morgan fingerprint density at radius 3 is 1.64 bits per heavy atom. The molecule has 1 heterocycles. The number of hydrogen-bond donors (Lipinski definition) is 1. The monoisotopic (exact) mass is 201 g/mol. The van der Waals surface area contributed by atoms with Crippen molar-refractivity contribution in [2.75, 3.05) is 7.05 Å². The van der Waals surface area contributed by atoms with E-state index in [0.29, 0.717) is 6.04 Å². The minimum Gasteiger partial charge on any atom is -0.370 e. The van der Waals surface area contributed by atoms with Crippen molar-refractivity contribution in [2.24, 2.45) is 0 Å². The highest BCUT2D eigenvalue weighted by molar-refractivity contribution is 4.91. The Labute approximate surface area is 89.4 Å². The first-order chi connectivity index (χ1) is 6.35. The van der Waals surface area contributed by atoms with E-state index in [-0.39, 0.29) is 11.2 Å². The van der Waals surface area contributed by atoms with Gasteiger partial charge in [-0.2, -0.15) is 0 Å². The second-order valence-corrected chi connectivity index (χ2v) is 5.02. The van der Waals surface area contributed by atoms with Crippen molar-refractivity contribution in [3.63, 3.8) is 0 Å². The van der Waals surface area contributed by atoms with Gasteiger partial charge < -0.3 is 10.1 Å². The highest BCUT2D eigenvalue weighted by Gasteiger charge is 2.38. The standard InChI is InChI=1S/C10H21NO.C2H6/c1-9(2)6-8(11-5)7-10(3,4)12-9;1-2/h8,11H,6-7H2,1-5H3;1-2H3. The molecule has 1 aliphatic heterocycles. The van der Waals surface area contributed by atoms with E-state index in [1.165, 1.54) is 0 Å². The first-order valence-electron chi connectivity index (χ1n) is 5.72. The van der Waals surface area contributed by atoms with E-state index >= 15 is 0 Å². The van der Waals surface area contributed by atoms with Crippen LogP contribution in [0.4, 0.5) is 0 Å². The van der Waals surface area contributed by atoms with E-state index in [1.807, 2.05) is 20.9 Å². The van der Waals surface area contributed by atoms with Gasteiger partial charge in [0, 0.05) is 6.04 Å². The van der Waals surface area contributed by atoms with Gasteiger partial charge in [0.05, 0.1) is 11.2 Å². The highest BCUT2D eigenvalue weighted by Crippen LogP contribution is 2.34. The van der Waals surface area contributed by atoms with Crippen molar-refractivity contribution in [1.29, 1.82) is 0 Å². The first-order valence-corrected chi connectivity index (χ1v) is 5.72. The number of rotatable bonds is 1. The minimum atomic E-state index is 0.0232. The van der Waals surface area contributed by atoms with Gasteiger partial charge in [0.1, 0.15) is 0 Å². The summed E-state index contributed by atoms with van der Waals surface area (Å²) in [5.41, 5.74) is 0.0465. The van der Waals surface area contributed by atoms with Crippen LogP contribution in [0.5, 0.6) is 0 Å². The Hall–Kier alpha value is -0.0800. The summed E-state index contributed by atoms with van der Waals surface area (Å²) in [4.78, 5) is 0. The summed E-state index contributed by atoms with van der Waals surface area (Å²) in [6, 6.07) is 0.601. The Morgan fingerprint density at radius 1 is 1.00 bits per heavy atom. The van der Waals surface area contributed by atoms with Crippen LogP contribution in [0.3, 0.4) is 0 Å². The third kappa shape index (κ3) is 4.43. The Morgan fingerprint density at radius 2 is 1.36 bits per heavy atom. The first kappa shape index (κ1) is 13.9. The van der Waals surface area contributed by atoms with Gasteiger partial charge >= 0.3 is 0 Å². The summed E-state index contributed by atoms with van der Waals surface area (Å²) < 4.78 is 5.95. The fourth-order valence-corrected chi connectivity index (χ4v) is 2.29. The molecule has 0 unspecified atom stereocenters. The van der Waals surface area contributed by atoms with Crippen LogP contribution in [0.15, 0.2) is 0 Å². The summed E-state index contributed by atoms with van der Waals surface area (Å²) in [6.07, 6.45) is 2.21. The lowest BCUT2D eigenvalue weighted by molar-refractivity contribution is -0.163. The van der Waals surface area contributed by atoms with Crippen LogP contribution in [-0.2, 0) is 4.74 Å². The van der Waals surface area contributed by atoms with Crippen LogP contribution < -0.4 is 5.32 Å². The average Bonchev–Trinajstić information content (AvgIpc) is 2.02. The van der Waals surface area contributed by atoms with E-state index in [2.05, 4.69) is 33.0 Å². The molecule has 0 aromatic rings. The second-order valence-electron chi connectivity index (χ2n) is 5.02. The van der Waals surface area contributed by atoms with Crippen molar-refractivity contribution >= 4 is 0 Å². The third-order valence-electron chi connectivity index (χ3n) is 2.44. The number of ether oxygens (including phenoxy) is 1. The SMILES string of the molecule is CC.CNC1CC(C)(C)OC(C)(C)C1. The number of nitrogens with one attached hydrogen (secondary N) is 1. The molecule has 0 saturated carbocycles. The molecule has 0 amide bonds. The summed E-state index contributed by atoms with van der Waals surface area (Å²) in [6.45, 7) is 12.7. The maximum absolute atomic E-state index is 5.95. The normalized spacial score (nSPS) is 25.1. The van der Waals surface area contributed by atoms with Gasteiger partial charge in [-0.05, 0) is 47.6 Å². The lowest BCUT2D eigenvalue weighted by Crippen LogP contribution is -2.51. The molecule has 1 saturated heterocycles. The van der Waals surface area contributed by atoms with E-state index in [4.69, 9.17) is 4.74 Å². The van der Waals surface area contributed by atoms with Gasteiger partial charge in [-0.15, -0.1) is 0 Å². The van der Waals surface area contributed by atoms with Gasteiger partial charge in [0.15, 0.2) is 0 Å².